The minimum atomic E-state index is -0.497. The van der Waals surface area contributed by atoms with Crippen molar-refractivity contribution in [3.05, 3.63) is 58.1 Å². The Labute approximate surface area is 193 Å². The average Bonchev–Trinajstić information content (AvgIpc) is 2.96. The van der Waals surface area contributed by atoms with Gasteiger partial charge in [-0.05, 0) is 67.6 Å². The van der Waals surface area contributed by atoms with Crippen LogP contribution in [0.1, 0.15) is 37.0 Å². The number of rotatable bonds is 6. The molecule has 1 heterocycles. The van der Waals surface area contributed by atoms with E-state index in [1.807, 2.05) is 32.0 Å². The highest BCUT2D eigenvalue weighted by molar-refractivity contribution is 8.15. The van der Waals surface area contributed by atoms with E-state index in [1.165, 1.54) is 17.3 Å². The van der Waals surface area contributed by atoms with E-state index in [0.717, 1.165) is 16.8 Å². The predicted octanol–water partition coefficient (Wildman–Crippen LogP) is 5.88. The van der Waals surface area contributed by atoms with Crippen molar-refractivity contribution in [1.29, 1.82) is 0 Å². The van der Waals surface area contributed by atoms with Crippen molar-refractivity contribution in [2.45, 2.75) is 46.3 Å². The molecule has 2 aromatic carbocycles. The van der Waals surface area contributed by atoms with Gasteiger partial charge in [0, 0.05) is 23.7 Å². The molecule has 1 N–H and O–H groups in total. The normalized spacial score (nSPS) is 17.6. The summed E-state index contributed by atoms with van der Waals surface area (Å²) in [5, 5.41) is 3.63. The van der Waals surface area contributed by atoms with E-state index in [9.17, 15) is 9.59 Å². The Bertz CT molecular complexity index is 1040. The molecular formula is C24H28ClN3O2S. The number of amidine groups is 1. The zero-order chi connectivity index (χ0) is 22.7. The molecule has 1 atom stereocenters. The van der Waals surface area contributed by atoms with E-state index in [4.69, 9.17) is 16.6 Å². The van der Waals surface area contributed by atoms with Crippen molar-refractivity contribution in [3.63, 3.8) is 0 Å². The van der Waals surface area contributed by atoms with Gasteiger partial charge in [0.1, 0.15) is 5.25 Å². The van der Waals surface area contributed by atoms with Crippen LogP contribution in [-0.2, 0) is 9.59 Å². The smallest absolute Gasteiger partial charge is 0.242 e. The van der Waals surface area contributed by atoms with Gasteiger partial charge >= 0.3 is 0 Å². The predicted molar refractivity (Wildman–Crippen MR) is 130 cm³/mol. The molecule has 5 nitrogen and oxygen atoms in total. The summed E-state index contributed by atoms with van der Waals surface area (Å²) in [5.74, 6) is 0.00332. The molecule has 0 saturated carbocycles. The van der Waals surface area contributed by atoms with Crippen LogP contribution in [0.4, 0.5) is 11.4 Å². The summed E-state index contributed by atoms with van der Waals surface area (Å²) < 4.78 is 0. The maximum atomic E-state index is 13.1. The maximum Gasteiger partial charge on any atom is 0.242 e. The second kappa shape index (κ2) is 9.88. The number of halogens is 1. The van der Waals surface area contributed by atoms with Crippen LogP contribution in [0.25, 0.3) is 0 Å². The molecule has 7 heteroatoms. The summed E-state index contributed by atoms with van der Waals surface area (Å²) >= 11 is 7.50. The van der Waals surface area contributed by atoms with Gasteiger partial charge in [0.2, 0.25) is 11.8 Å². The van der Waals surface area contributed by atoms with Gasteiger partial charge in [0.15, 0.2) is 5.17 Å². The first-order valence-corrected chi connectivity index (χ1v) is 11.6. The van der Waals surface area contributed by atoms with E-state index in [0.29, 0.717) is 22.4 Å². The van der Waals surface area contributed by atoms with Gasteiger partial charge in [0.25, 0.3) is 0 Å². The summed E-state index contributed by atoms with van der Waals surface area (Å²) in [6, 6.07) is 11.4. The Morgan fingerprint density at radius 3 is 2.61 bits per heavy atom. The molecule has 1 aliphatic heterocycles. The number of anilines is 1. The highest BCUT2D eigenvalue weighted by Gasteiger charge is 2.39. The fraction of sp³-hybridized carbons (Fsp3) is 0.375. The first-order chi connectivity index (χ1) is 14.7. The van der Waals surface area contributed by atoms with Crippen LogP contribution in [0, 0.1) is 26.7 Å². The van der Waals surface area contributed by atoms with Crippen molar-refractivity contribution in [2.24, 2.45) is 10.9 Å². The number of carbonyl (C=O) groups excluding carboxylic acids is 2. The van der Waals surface area contributed by atoms with Crippen LogP contribution >= 0.6 is 23.4 Å². The Kier molecular flexibility index (Phi) is 7.44. The highest BCUT2D eigenvalue weighted by Crippen LogP contribution is 2.33. The third-order valence-electron chi connectivity index (χ3n) is 5.20. The Morgan fingerprint density at radius 2 is 1.94 bits per heavy atom. The zero-order valence-electron chi connectivity index (χ0n) is 18.5. The van der Waals surface area contributed by atoms with Gasteiger partial charge < -0.3 is 5.32 Å². The molecule has 2 amide bonds. The van der Waals surface area contributed by atoms with Gasteiger partial charge in [-0.3, -0.25) is 14.5 Å². The molecule has 164 valence electrons. The van der Waals surface area contributed by atoms with Gasteiger partial charge in [-0.1, -0.05) is 49.3 Å². The minimum Gasteiger partial charge on any atom is -0.326 e. The van der Waals surface area contributed by atoms with Gasteiger partial charge in [-0.15, -0.1) is 0 Å². The van der Waals surface area contributed by atoms with Crippen LogP contribution < -0.4 is 5.32 Å². The molecule has 0 spiro atoms. The molecule has 1 saturated heterocycles. The second-order valence-electron chi connectivity index (χ2n) is 8.28. The molecule has 2 aromatic rings. The monoisotopic (exact) mass is 457 g/mol. The lowest BCUT2D eigenvalue weighted by atomic mass is 10.1. The number of hydrogen-bond donors (Lipinski definition) is 1. The van der Waals surface area contributed by atoms with E-state index < -0.39 is 5.25 Å². The van der Waals surface area contributed by atoms with E-state index in [1.54, 1.807) is 23.1 Å². The largest absolute Gasteiger partial charge is 0.326 e. The molecule has 3 rings (SSSR count). The van der Waals surface area contributed by atoms with Crippen LogP contribution in [0.15, 0.2) is 41.4 Å². The topological polar surface area (TPSA) is 61.8 Å². The van der Waals surface area contributed by atoms with Crippen molar-refractivity contribution < 1.29 is 9.59 Å². The number of thioether (sulfide) groups is 1. The minimum absolute atomic E-state index is 0.0701. The van der Waals surface area contributed by atoms with Crippen molar-refractivity contribution in [1.82, 2.24) is 4.90 Å². The number of hydrogen-bond acceptors (Lipinski definition) is 4. The molecule has 31 heavy (non-hydrogen) atoms. The summed E-state index contributed by atoms with van der Waals surface area (Å²) in [7, 11) is 0. The lowest BCUT2D eigenvalue weighted by Gasteiger charge is -2.18. The van der Waals surface area contributed by atoms with E-state index in [2.05, 4.69) is 26.1 Å². The van der Waals surface area contributed by atoms with Gasteiger partial charge in [-0.25, -0.2) is 4.99 Å². The quantitative estimate of drug-likeness (QED) is 0.589. The van der Waals surface area contributed by atoms with E-state index >= 15 is 0 Å². The fourth-order valence-electron chi connectivity index (χ4n) is 3.28. The number of aryl methyl sites for hydroxylation is 2. The summed E-state index contributed by atoms with van der Waals surface area (Å²) in [6.07, 6.45) is 0.0794. The molecule has 0 bridgehead atoms. The molecule has 0 aliphatic carbocycles. The summed E-state index contributed by atoms with van der Waals surface area (Å²) in [6.45, 7) is 10.7. The van der Waals surface area contributed by atoms with Crippen LogP contribution in [0.3, 0.4) is 0 Å². The lowest BCUT2D eigenvalue weighted by molar-refractivity contribution is -0.128. The Hall–Kier alpha value is -2.31. The number of aliphatic imine (C=N–C) groups is 1. The van der Waals surface area contributed by atoms with Crippen molar-refractivity contribution >= 4 is 51.7 Å². The van der Waals surface area contributed by atoms with Crippen molar-refractivity contribution in [3.8, 4) is 0 Å². The summed E-state index contributed by atoms with van der Waals surface area (Å²) in [5.41, 5.74) is 4.63. The number of amides is 2. The van der Waals surface area contributed by atoms with E-state index in [-0.39, 0.29) is 24.2 Å². The Morgan fingerprint density at radius 1 is 1.19 bits per heavy atom. The summed E-state index contributed by atoms with van der Waals surface area (Å²) in [4.78, 5) is 32.2. The first-order valence-electron chi connectivity index (χ1n) is 10.3. The van der Waals surface area contributed by atoms with Gasteiger partial charge in [0.05, 0.1) is 5.69 Å². The zero-order valence-corrected chi connectivity index (χ0v) is 20.1. The third kappa shape index (κ3) is 5.69. The molecule has 1 unspecified atom stereocenters. The fourth-order valence-corrected chi connectivity index (χ4v) is 4.62. The molecular weight excluding hydrogens is 430 g/mol. The van der Waals surface area contributed by atoms with Crippen LogP contribution in [0.5, 0.6) is 0 Å². The number of nitrogens with one attached hydrogen (secondary N) is 1. The maximum absolute atomic E-state index is 13.1. The highest BCUT2D eigenvalue weighted by atomic mass is 35.5. The number of nitrogens with zero attached hydrogens (tertiary/aromatic N) is 2. The van der Waals surface area contributed by atoms with Crippen LogP contribution in [0.2, 0.25) is 5.02 Å². The third-order valence-corrected chi connectivity index (χ3v) is 6.78. The van der Waals surface area contributed by atoms with Crippen LogP contribution in [-0.4, -0.2) is 33.7 Å². The lowest BCUT2D eigenvalue weighted by Crippen LogP contribution is -2.36. The molecule has 1 aliphatic rings. The van der Waals surface area contributed by atoms with Crippen molar-refractivity contribution in [2.75, 3.05) is 11.9 Å². The Balaban J connectivity index is 1.79. The second-order valence-corrected chi connectivity index (χ2v) is 9.85. The van der Waals surface area contributed by atoms with Gasteiger partial charge in [-0.2, -0.15) is 0 Å². The molecule has 1 fully saturated rings. The standard InChI is InChI=1S/C24H28ClN3O2S/c1-14(2)13-28-23(30)21(12-22(29)27-20-8-6-7-19(25)17(20)5)31-24(28)26-18-10-9-15(3)16(4)11-18/h6-11,14,21H,12-13H2,1-5H3,(H,27,29). The number of carbonyl (C=O) groups is 2. The average molecular weight is 458 g/mol. The SMILES string of the molecule is Cc1ccc(N=C2SC(CC(=O)Nc3cccc(Cl)c3C)C(=O)N2CC(C)C)cc1C. The molecule has 0 radical (unpaired) electrons. The first kappa shape index (κ1) is 23.4. The molecule has 0 aromatic heterocycles. The number of benzene rings is 2.